The van der Waals surface area contributed by atoms with Crippen LogP contribution in [-0.4, -0.2) is 49.1 Å². The number of thiazole rings is 1. The third-order valence-corrected chi connectivity index (χ3v) is 6.35. The number of ether oxygens (including phenoxy) is 1. The van der Waals surface area contributed by atoms with Crippen LogP contribution in [0.25, 0.3) is 10.2 Å². The van der Waals surface area contributed by atoms with E-state index in [1.807, 2.05) is 18.2 Å². The van der Waals surface area contributed by atoms with E-state index in [1.54, 1.807) is 30.2 Å². The van der Waals surface area contributed by atoms with Gasteiger partial charge in [-0.15, -0.1) is 12.4 Å². The van der Waals surface area contributed by atoms with E-state index in [0.29, 0.717) is 33.0 Å². The quantitative estimate of drug-likeness (QED) is 0.389. The zero-order valence-corrected chi connectivity index (χ0v) is 20.2. The lowest BCUT2D eigenvalue weighted by atomic mass is 10.2. The number of hydrogen-bond acceptors (Lipinski definition) is 5. The summed E-state index contributed by atoms with van der Waals surface area (Å²) in [7, 11) is 1.62. The second-order valence-electron chi connectivity index (χ2n) is 6.41. The number of para-hydroxylation sites is 1. The highest BCUT2D eigenvalue weighted by molar-refractivity contribution is 7.22. The Morgan fingerprint density at radius 2 is 1.87 bits per heavy atom. The van der Waals surface area contributed by atoms with Crippen molar-refractivity contribution in [3.05, 3.63) is 52.0 Å². The lowest BCUT2D eigenvalue weighted by molar-refractivity contribution is 0.0984. The van der Waals surface area contributed by atoms with Gasteiger partial charge in [-0.1, -0.05) is 54.5 Å². The predicted molar refractivity (Wildman–Crippen MR) is 129 cm³/mol. The molecule has 2 aromatic carbocycles. The maximum Gasteiger partial charge on any atom is 0.261 e. The number of aromatic nitrogens is 1. The molecule has 0 aliphatic heterocycles. The van der Waals surface area contributed by atoms with Crippen LogP contribution in [-0.2, 0) is 0 Å². The molecule has 9 heteroatoms. The number of amides is 1. The minimum absolute atomic E-state index is 0. The van der Waals surface area contributed by atoms with Gasteiger partial charge in [-0.3, -0.25) is 9.69 Å². The Kier molecular flexibility index (Phi) is 9.19. The summed E-state index contributed by atoms with van der Waals surface area (Å²) in [5.41, 5.74) is 1.15. The van der Waals surface area contributed by atoms with Crippen molar-refractivity contribution in [3.8, 4) is 5.75 Å². The molecule has 0 spiro atoms. The molecule has 0 bridgehead atoms. The average molecular weight is 489 g/mol. The first kappa shape index (κ1) is 24.7. The van der Waals surface area contributed by atoms with Crippen molar-refractivity contribution in [1.82, 2.24) is 9.88 Å². The molecular weight excluding hydrogens is 465 g/mol. The van der Waals surface area contributed by atoms with E-state index in [1.165, 1.54) is 11.3 Å². The molecule has 3 aromatic rings. The van der Waals surface area contributed by atoms with Gasteiger partial charge in [-0.25, -0.2) is 4.98 Å². The van der Waals surface area contributed by atoms with Crippen LogP contribution < -0.4 is 9.64 Å². The SMILES string of the molecule is CCN(CC)CCN(C(=O)c1ccc(Cl)cc1Cl)c1nc2c(OC)cccc2s1.Cl. The predicted octanol–water partition coefficient (Wildman–Crippen LogP) is 6.02. The summed E-state index contributed by atoms with van der Waals surface area (Å²) in [4.78, 5) is 22.1. The van der Waals surface area contributed by atoms with Gasteiger partial charge in [0.05, 0.1) is 22.4 Å². The van der Waals surface area contributed by atoms with Gasteiger partial charge in [0, 0.05) is 18.1 Å². The molecule has 1 aromatic heterocycles. The van der Waals surface area contributed by atoms with E-state index in [9.17, 15) is 4.79 Å². The number of anilines is 1. The molecule has 162 valence electrons. The second-order valence-corrected chi connectivity index (χ2v) is 8.26. The van der Waals surface area contributed by atoms with E-state index in [4.69, 9.17) is 32.9 Å². The van der Waals surface area contributed by atoms with Crippen molar-refractivity contribution in [2.75, 3.05) is 38.2 Å². The van der Waals surface area contributed by atoms with E-state index in [0.717, 1.165) is 29.9 Å². The zero-order chi connectivity index (χ0) is 21.0. The van der Waals surface area contributed by atoms with Crippen molar-refractivity contribution in [2.24, 2.45) is 0 Å². The molecule has 1 amide bonds. The number of methoxy groups -OCH3 is 1. The van der Waals surface area contributed by atoms with Gasteiger partial charge in [0.15, 0.2) is 5.13 Å². The molecule has 3 rings (SSSR count). The number of carbonyl (C=O) groups is 1. The van der Waals surface area contributed by atoms with Crippen molar-refractivity contribution in [2.45, 2.75) is 13.8 Å². The number of carbonyl (C=O) groups excluding carboxylic acids is 1. The third kappa shape index (κ3) is 5.37. The monoisotopic (exact) mass is 487 g/mol. The van der Waals surface area contributed by atoms with Crippen LogP contribution in [0.1, 0.15) is 24.2 Å². The molecule has 0 unspecified atom stereocenters. The molecule has 30 heavy (non-hydrogen) atoms. The first-order valence-corrected chi connectivity index (χ1v) is 11.0. The minimum Gasteiger partial charge on any atom is -0.494 e. The molecule has 0 aliphatic rings. The molecule has 0 radical (unpaired) electrons. The summed E-state index contributed by atoms with van der Waals surface area (Å²) < 4.78 is 6.39. The van der Waals surface area contributed by atoms with Crippen molar-refractivity contribution in [1.29, 1.82) is 0 Å². The molecule has 0 atom stereocenters. The standard InChI is InChI=1S/C21H23Cl2N3O2S.ClH/c1-4-25(5-2)11-12-26(20(27)15-10-9-14(22)13-16(15)23)21-24-19-17(28-3)7-6-8-18(19)29-21;/h6-10,13H,4-5,11-12H2,1-3H3;1H. The van der Waals surface area contributed by atoms with Gasteiger partial charge >= 0.3 is 0 Å². The normalized spacial score (nSPS) is 10.9. The number of rotatable bonds is 8. The zero-order valence-electron chi connectivity index (χ0n) is 17.0. The van der Waals surface area contributed by atoms with Crippen LogP contribution in [0.3, 0.4) is 0 Å². The van der Waals surface area contributed by atoms with Gasteiger partial charge in [0.1, 0.15) is 11.3 Å². The molecule has 0 saturated heterocycles. The fourth-order valence-electron chi connectivity index (χ4n) is 3.07. The average Bonchev–Trinajstić information content (AvgIpc) is 3.14. The van der Waals surface area contributed by atoms with E-state index < -0.39 is 0 Å². The molecule has 0 N–H and O–H groups in total. The first-order chi connectivity index (χ1) is 14.0. The summed E-state index contributed by atoms with van der Waals surface area (Å²) in [6.07, 6.45) is 0. The number of halogens is 3. The maximum atomic E-state index is 13.4. The van der Waals surface area contributed by atoms with Crippen LogP contribution in [0.15, 0.2) is 36.4 Å². The number of nitrogens with zero attached hydrogens (tertiary/aromatic N) is 3. The van der Waals surface area contributed by atoms with Crippen LogP contribution in [0.4, 0.5) is 5.13 Å². The lowest BCUT2D eigenvalue weighted by Crippen LogP contribution is -2.39. The van der Waals surface area contributed by atoms with E-state index >= 15 is 0 Å². The Hall–Kier alpha value is -1.57. The summed E-state index contributed by atoms with van der Waals surface area (Å²) in [6, 6.07) is 10.7. The van der Waals surface area contributed by atoms with E-state index in [-0.39, 0.29) is 18.3 Å². The molecule has 0 fully saturated rings. The Bertz CT molecular complexity index is 1010. The molecule has 1 heterocycles. The van der Waals surface area contributed by atoms with Crippen LogP contribution in [0.2, 0.25) is 10.0 Å². The Morgan fingerprint density at radius 1 is 1.13 bits per heavy atom. The fraction of sp³-hybridized carbons (Fsp3) is 0.333. The fourth-order valence-corrected chi connectivity index (χ4v) is 4.56. The summed E-state index contributed by atoms with van der Waals surface area (Å²) in [5.74, 6) is 0.488. The summed E-state index contributed by atoms with van der Waals surface area (Å²) >= 11 is 13.8. The Balaban J connectivity index is 0.00000320. The second kappa shape index (κ2) is 11.2. The van der Waals surface area contributed by atoms with Gasteiger partial charge < -0.3 is 9.64 Å². The van der Waals surface area contributed by atoms with Crippen molar-refractivity contribution < 1.29 is 9.53 Å². The van der Waals surface area contributed by atoms with Crippen LogP contribution in [0, 0.1) is 0 Å². The minimum atomic E-state index is -0.197. The molecule has 5 nitrogen and oxygen atoms in total. The number of fused-ring (bicyclic) bond motifs is 1. The summed E-state index contributed by atoms with van der Waals surface area (Å²) in [6.45, 7) is 7.27. The molecule has 0 saturated carbocycles. The van der Waals surface area contributed by atoms with Crippen LogP contribution >= 0.6 is 46.9 Å². The number of hydrogen-bond donors (Lipinski definition) is 0. The lowest BCUT2D eigenvalue weighted by Gasteiger charge is -2.25. The first-order valence-electron chi connectivity index (χ1n) is 9.41. The third-order valence-electron chi connectivity index (χ3n) is 4.76. The van der Waals surface area contributed by atoms with Gasteiger partial charge in [0.2, 0.25) is 0 Å². The highest BCUT2D eigenvalue weighted by atomic mass is 35.5. The van der Waals surface area contributed by atoms with Gasteiger partial charge in [0.25, 0.3) is 5.91 Å². The molecule has 0 aliphatic carbocycles. The highest BCUT2D eigenvalue weighted by Gasteiger charge is 2.24. The van der Waals surface area contributed by atoms with Gasteiger partial charge in [-0.2, -0.15) is 0 Å². The number of benzene rings is 2. The maximum absolute atomic E-state index is 13.4. The summed E-state index contributed by atoms with van der Waals surface area (Å²) in [5, 5.41) is 1.44. The van der Waals surface area contributed by atoms with E-state index in [2.05, 4.69) is 18.7 Å². The van der Waals surface area contributed by atoms with Crippen LogP contribution in [0.5, 0.6) is 5.75 Å². The topological polar surface area (TPSA) is 45.7 Å². The number of likely N-dealkylation sites (N-methyl/N-ethyl adjacent to an activating group) is 1. The Morgan fingerprint density at radius 3 is 2.50 bits per heavy atom. The largest absolute Gasteiger partial charge is 0.494 e. The smallest absolute Gasteiger partial charge is 0.261 e. The molecular formula is C21H24Cl3N3O2S. The van der Waals surface area contributed by atoms with Gasteiger partial charge in [-0.05, 0) is 43.4 Å². The van der Waals surface area contributed by atoms with Crippen molar-refractivity contribution in [3.63, 3.8) is 0 Å². The highest BCUT2D eigenvalue weighted by Crippen LogP contribution is 2.35. The Labute approximate surface area is 197 Å². The van der Waals surface area contributed by atoms with Crippen molar-refractivity contribution >= 4 is 68.2 Å².